The maximum absolute atomic E-state index is 2.23. The van der Waals surface area contributed by atoms with Crippen LogP contribution in [0.3, 0.4) is 0 Å². The van der Waals surface area contributed by atoms with Crippen LogP contribution in [-0.4, -0.2) is 11.5 Å². The van der Waals surface area contributed by atoms with Crippen LogP contribution in [-0.2, 0) is 0 Å². The summed E-state index contributed by atoms with van der Waals surface area (Å²) in [4.78, 5) is 3.02. The molecule has 0 aromatic heterocycles. The van der Waals surface area contributed by atoms with Crippen molar-refractivity contribution in [2.45, 2.75) is 40.5 Å². The minimum atomic E-state index is 1.26. The third kappa shape index (κ3) is 6.01. The Labute approximate surface area is 85.6 Å². The van der Waals surface area contributed by atoms with Crippen LogP contribution in [0.4, 0.5) is 0 Å². The van der Waals surface area contributed by atoms with Gasteiger partial charge in [-0.15, -0.1) is 23.5 Å². The molecule has 2 heteroatoms. The Morgan fingerprint density at radius 2 is 1.17 bits per heavy atom. The van der Waals surface area contributed by atoms with E-state index in [1.54, 1.807) is 0 Å². The zero-order valence-corrected chi connectivity index (χ0v) is 10.3. The molecule has 0 aliphatic rings. The predicted octanol–water partition coefficient (Wildman–Crippen LogP) is 4.52. The van der Waals surface area contributed by atoms with E-state index in [2.05, 4.69) is 27.7 Å². The highest BCUT2D eigenvalue weighted by atomic mass is 32.2. The summed E-state index contributed by atoms with van der Waals surface area (Å²) < 4.78 is 0. The Morgan fingerprint density at radius 3 is 1.42 bits per heavy atom. The molecule has 0 heterocycles. The van der Waals surface area contributed by atoms with Gasteiger partial charge in [0, 0.05) is 0 Å². The Hall–Kier alpha value is 0.440. The van der Waals surface area contributed by atoms with E-state index >= 15 is 0 Å². The topological polar surface area (TPSA) is 0 Å². The highest BCUT2D eigenvalue weighted by Crippen LogP contribution is 2.27. The van der Waals surface area contributed by atoms with E-state index in [-0.39, 0.29) is 0 Å². The third-order valence-electron chi connectivity index (χ3n) is 1.54. The number of hydrogen-bond acceptors (Lipinski definition) is 2. The minimum absolute atomic E-state index is 1.26. The van der Waals surface area contributed by atoms with Crippen LogP contribution in [0.15, 0.2) is 9.81 Å². The molecule has 0 spiro atoms. The van der Waals surface area contributed by atoms with Gasteiger partial charge in [0.25, 0.3) is 0 Å². The van der Waals surface area contributed by atoms with Crippen molar-refractivity contribution in [3.05, 3.63) is 9.81 Å². The smallest absolute Gasteiger partial charge is 0.00257 e. The molecule has 0 bridgehead atoms. The molecule has 0 atom stereocenters. The van der Waals surface area contributed by atoms with Gasteiger partial charge < -0.3 is 0 Å². The fourth-order valence-electron chi connectivity index (χ4n) is 0.714. The van der Waals surface area contributed by atoms with E-state index in [0.29, 0.717) is 0 Å². The molecule has 0 aliphatic heterocycles. The number of rotatable bonds is 6. The minimum Gasteiger partial charge on any atom is -0.130 e. The first-order valence-electron chi connectivity index (χ1n) is 4.65. The number of hydrogen-bond donors (Lipinski definition) is 0. The lowest BCUT2D eigenvalue weighted by Crippen LogP contribution is -1.80. The SMILES string of the molecule is CCCS/C(C)=C(\C)SCCC. The van der Waals surface area contributed by atoms with Crippen LogP contribution < -0.4 is 0 Å². The summed E-state index contributed by atoms with van der Waals surface area (Å²) >= 11 is 3.99. The summed E-state index contributed by atoms with van der Waals surface area (Å²) in [5, 5.41) is 0. The average Bonchev–Trinajstić information content (AvgIpc) is 2.10. The summed E-state index contributed by atoms with van der Waals surface area (Å²) in [6.45, 7) is 8.93. The molecule has 0 radical (unpaired) electrons. The summed E-state index contributed by atoms with van der Waals surface area (Å²) in [6.07, 6.45) is 2.54. The average molecular weight is 204 g/mol. The van der Waals surface area contributed by atoms with Gasteiger partial charge in [-0.05, 0) is 48.0 Å². The number of thioether (sulfide) groups is 2. The van der Waals surface area contributed by atoms with Crippen molar-refractivity contribution in [1.82, 2.24) is 0 Å². The van der Waals surface area contributed by atoms with Crippen LogP contribution in [0, 0.1) is 0 Å². The van der Waals surface area contributed by atoms with E-state index in [1.165, 1.54) is 34.2 Å². The third-order valence-corrected chi connectivity index (χ3v) is 4.37. The molecule has 0 saturated carbocycles. The maximum atomic E-state index is 2.23. The molecule has 72 valence electrons. The molecular formula is C10H20S2. The van der Waals surface area contributed by atoms with Crippen molar-refractivity contribution < 1.29 is 0 Å². The van der Waals surface area contributed by atoms with Crippen molar-refractivity contribution in [3.8, 4) is 0 Å². The van der Waals surface area contributed by atoms with Crippen LogP contribution in [0.1, 0.15) is 40.5 Å². The van der Waals surface area contributed by atoms with E-state index < -0.39 is 0 Å². The molecule has 0 nitrogen and oxygen atoms in total. The molecule has 0 amide bonds. The molecule has 0 aromatic rings. The molecule has 0 fully saturated rings. The summed E-state index contributed by atoms with van der Waals surface area (Å²) in [5.41, 5.74) is 0. The predicted molar refractivity (Wildman–Crippen MR) is 63.9 cm³/mol. The normalized spacial score (nSPS) is 13.0. The van der Waals surface area contributed by atoms with Crippen molar-refractivity contribution in [2.75, 3.05) is 11.5 Å². The quantitative estimate of drug-likeness (QED) is 0.623. The zero-order chi connectivity index (χ0) is 9.40. The van der Waals surface area contributed by atoms with E-state index in [4.69, 9.17) is 0 Å². The highest BCUT2D eigenvalue weighted by Gasteiger charge is 1.97. The molecule has 0 unspecified atom stereocenters. The van der Waals surface area contributed by atoms with E-state index in [0.717, 1.165) is 0 Å². The molecule has 12 heavy (non-hydrogen) atoms. The van der Waals surface area contributed by atoms with E-state index in [1.807, 2.05) is 23.5 Å². The van der Waals surface area contributed by atoms with Gasteiger partial charge in [-0.3, -0.25) is 0 Å². The Balaban J connectivity index is 3.72. The first-order valence-corrected chi connectivity index (χ1v) is 6.62. The van der Waals surface area contributed by atoms with E-state index in [9.17, 15) is 0 Å². The standard InChI is InChI=1S/C10H20S2/c1-5-7-11-9(3)10(4)12-8-6-2/h5-8H2,1-4H3/b10-9+. The van der Waals surface area contributed by atoms with Crippen molar-refractivity contribution in [2.24, 2.45) is 0 Å². The van der Waals surface area contributed by atoms with Crippen molar-refractivity contribution >= 4 is 23.5 Å². The van der Waals surface area contributed by atoms with Crippen LogP contribution >= 0.6 is 23.5 Å². The summed E-state index contributed by atoms with van der Waals surface area (Å²) in [5.74, 6) is 2.52. The molecule has 0 rings (SSSR count). The maximum Gasteiger partial charge on any atom is -0.00257 e. The van der Waals surface area contributed by atoms with Crippen LogP contribution in [0.5, 0.6) is 0 Å². The summed E-state index contributed by atoms with van der Waals surface area (Å²) in [6, 6.07) is 0. The van der Waals surface area contributed by atoms with Crippen LogP contribution in [0.2, 0.25) is 0 Å². The van der Waals surface area contributed by atoms with Gasteiger partial charge in [0.1, 0.15) is 0 Å². The lowest BCUT2D eigenvalue weighted by Gasteiger charge is -2.05. The first kappa shape index (κ1) is 12.4. The lowest BCUT2D eigenvalue weighted by atomic mass is 10.6. The number of allylic oxidation sites excluding steroid dienone is 2. The Morgan fingerprint density at radius 1 is 0.833 bits per heavy atom. The molecule has 0 N–H and O–H groups in total. The summed E-state index contributed by atoms with van der Waals surface area (Å²) in [7, 11) is 0. The van der Waals surface area contributed by atoms with Crippen molar-refractivity contribution in [3.63, 3.8) is 0 Å². The fourth-order valence-corrected chi connectivity index (χ4v) is 2.49. The molecule has 0 saturated heterocycles. The van der Waals surface area contributed by atoms with Gasteiger partial charge in [-0.25, -0.2) is 0 Å². The lowest BCUT2D eigenvalue weighted by molar-refractivity contribution is 1.11. The molecule has 0 aliphatic carbocycles. The molecule has 0 aromatic carbocycles. The zero-order valence-electron chi connectivity index (χ0n) is 8.64. The largest absolute Gasteiger partial charge is 0.130 e. The van der Waals surface area contributed by atoms with Gasteiger partial charge in [0.15, 0.2) is 0 Å². The first-order chi connectivity index (χ1) is 5.72. The molecular weight excluding hydrogens is 184 g/mol. The Kier molecular flexibility index (Phi) is 8.35. The Bertz CT molecular complexity index is 123. The second kappa shape index (κ2) is 8.06. The second-order valence-electron chi connectivity index (χ2n) is 2.81. The van der Waals surface area contributed by atoms with Gasteiger partial charge in [0.05, 0.1) is 0 Å². The highest BCUT2D eigenvalue weighted by molar-refractivity contribution is 8.06. The fraction of sp³-hybridized carbons (Fsp3) is 0.800. The second-order valence-corrected chi connectivity index (χ2v) is 5.43. The van der Waals surface area contributed by atoms with Gasteiger partial charge in [-0.1, -0.05) is 13.8 Å². The van der Waals surface area contributed by atoms with Crippen LogP contribution in [0.25, 0.3) is 0 Å². The van der Waals surface area contributed by atoms with Gasteiger partial charge >= 0.3 is 0 Å². The van der Waals surface area contributed by atoms with Gasteiger partial charge in [-0.2, -0.15) is 0 Å². The van der Waals surface area contributed by atoms with Gasteiger partial charge in [0.2, 0.25) is 0 Å². The monoisotopic (exact) mass is 204 g/mol. The van der Waals surface area contributed by atoms with Crippen molar-refractivity contribution in [1.29, 1.82) is 0 Å².